The van der Waals surface area contributed by atoms with E-state index in [0.717, 1.165) is 23.1 Å². The van der Waals surface area contributed by atoms with Gasteiger partial charge < -0.3 is 29.6 Å². The van der Waals surface area contributed by atoms with Crippen LogP contribution in [0.15, 0.2) is 36.5 Å². The van der Waals surface area contributed by atoms with Gasteiger partial charge in [-0.2, -0.15) is 0 Å². The van der Waals surface area contributed by atoms with Crippen molar-refractivity contribution < 1.29 is 24.3 Å². The molecule has 2 aromatic rings. The lowest BCUT2D eigenvalue weighted by atomic mass is 9.99. The highest BCUT2D eigenvalue weighted by Gasteiger charge is 2.29. The summed E-state index contributed by atoms with van der Waals surface area (Å²) in [7, 11) is 1.61. The van der Waals surface area contributed by atoms with Gasteiger partial charge in [-0.1, -0.05) is 18.2 Å². The van der Waals surface area contributed by atoms with Crippen LogP contribution in [-0.4, -0.2) is 63.0 Å². The molecule has 1 amide bonds. The molecule has 10 nitrogen and oxygen atoms in total. The summed E-state index contributed by atoms with van der Waals surface area (Å²) in [5.74, 6) is 0.356. The number of imidazole rings is 1. The quantitative estimate of drug-likeness (QED) is 0.508. The van der Waals surface area contributed by atoms with Gasteiger partial charge in [-0.05, 0) is 58.1 Å². The minimum absolute atomic E-state index is 0.124. The van der Waals surface area contributed by atoms with Crippen molar-refractivity contribution in [2.45, 2.75) is 25.5 Å². The van der Waals surface area contributed by atoms with Crippen molar-refractivity contribution in [2.75, 3.05) is 26.8 Å². The van der Waals surface area contributed by atoms with Gasteiger partial charge in [-0.15, -0.1) is 0 Å². The number of ether oxygens (including phenoxy) is 2. The van der Waals surface area contributed by atoms with Crippen LogP contribution >= 0.6 is 11.6 Å². The van der Waals surface area contributed by atoms with E-state index in [1.54, 1.807) is 7.11 Å². The van der Waals surface area contributed by atoms with Crippen LogP contribution < -0.4 is 4.74 Å². The number of carbonyl (C=O) groups excluding carboxylic acids is 1. The molecule has 0 fully saturated rings. The average Bonchev–Trinajstić information content (AvgIpc) is 3.12. The first-order chi connectivity index (χ1) is 14.7. The Morgan fingerprint density at radius 2 is 2.10 bits per heavy atom. The average molecular weight is 451 g/mol. The largest absolute Gasteiger partial charge is 0.497 e. The Balaban J connectivity index is 1.53. The van der Waals surface area contributed by atoms with Crippen molar-refractivity contribution in [1.29, 1.82) is 0 Å². The number of methoxy groups -OCH3 is 1. The van der Waals surface area contributed by atoms with Gasteiger partial charge in [0.15, 0.2) is 0 Å². The lowest BCUT2D eigenvalue weighted by molar-refractivity contribution is -0.389. The first-order valence-corrected chi connectivity index (χ1v) is 9.91. The normalized spacial score (nSPS) is 15.7. The third kappa shape index (κ3) is 5.74. The molecule has 1 aliphatic rings. The molecule has 0 radical (unpaired) electrons. The second-order valence-electron chi connectivity index (χ2n) is 7.46. The van der Waals surface area contributed by atoms with Gasteiger partial charge in [-0.3, -0.25) is 4.57 Å². The van der Waals surface area contributed by atoms with Gasteiger partial charge in [0.25, 0.3) is 0 Å². The second-order valence-corrected chi connectivity index (χ2v) is 7.80. The van der Waals surface area contributed by atoms with Gasteiger partial charge in [-0.25, -0.2) is 4.79 Å². The predicted molar refractivity (Wildman–Crippen MR) is 113 cm³/mol. The number of aromatic nitrogens is 2. The second kappa shape index (κ2) is 9.36. The molecular weight excluding hydrogens is 428 g/mol. The summed E-state index contributed by atoms with van der Waals surface area (Å²) < 4.78 is 11.7. The van der Waals surface area contributed by atoms with Gasteiger partial charge >= 0.3 is 17.2 Å². The molecule has 0 saturated carbocycles. The minimum Gasteiger partial charge on any atom is -0.497 e. The minimum atomic E-state index is -1.49. The van der Waals surface area contributed by atoms with E-state index in [1.165, 1.54) is 16.4 Å². The molecule has 0 saturated heterocycles. The SMILES string of the molecule is COc1ccc(C2=CCN(C(=O)OC[C@](C)(O)Cn3cc([N+](=O)[O-])nc3Cl)CC2)cc1. The zero-order valence-electron chi connectivity index (χ0n) is 17.2. The molecule has 1 aliphatic heterocycles. The van der Waals surface area contributed by atoms with Crippen molar-refractivity contribution in [1.82, 2.24) is 14.5 Å². The Morgan fingerprint density at radius 1 is 1.39 bits per heavy atom. The molecule has 1 atom stereocenters. The summed E-state index contributed by atoms with van der Waals surface area (Å²) in [6.07, 6.45) is 3.21. The molecule has 166 valence electrons. The number of amides is 1. The number of hydrogen-bond acceptors (Lipinski definition) is 7. The summed E-state index contributed by atoms with van der Waals surface area (Å²) in [5, 5.41) is 21.2. The summed E-state index contributed by atoms with van der Waals surface area (Å²) in [6, 6.07) is 7.73. The van der Waals surface area contributed by atoms with Crippen molar-refractivity contribution >= 4 is 29.1 Å². The van der Waals surface area contributed by atoms with E-state index in [2.05, 4.69) is 4.98 Å². The molecule has 1 aromatic heterocycles. The topological polar surface area (TPSA) is 120 Å². The van der Waals surface area contributed by atoms with E-state index in [1.807, 2.05) is 30.3 Å². The molecule has 1 N–H and O–H groups in total. The van der Waals surface area contributed by atoms with Crippen molar-refractivity contribution in [3.63, 3.8) is 0 Å². The van der Waals surface area contributed by atoms with Crippen LogP contribution in [0.5, 0.6) is 5.75 Å². The number of carbonyl (C=O) groups is 1. The maximum absolute atomic E-state index is 12.4. The van der Waals surface area contributed by atoms with E-state index in [0.29, 0.717) is 19.5 Å². The molecule has 11 heteroatoms. The van der Waals surface area contributed by atoms with Crippen LogP contribution in [0.4, 0.5) is 10.6 Å². The fourth-order valence-corrected chi connectivity index (χ4v) is 3.40. The van der Waals surface area contributed by atoms with Crippen LogP contribution in [0.25, 0.3) is 5.57 Å². The number of aliphatic hydroxyl groups is 1. The number of nitrogens with zero attached hydrogens (tertiary/aromatic N) is 4. The number of rotatable bonds is 7. The molecule has 0 unspecified atom stereocenters. The van der Waals surface area contributed by atoms with Crippen molar-refractivity contribution in [3.05, 3.63) is 57.5 Å². The first-order valence-electron chi connectivity index (χ1n) is 9.53. The summed E-state index contributed by atoms with van der Waals surface area (Å²) in [4.78, 5) is 27.6. The molecule has 3 rings (SSSR count). The number of halogens is 1. The van der Waals surface area contributed by atoms with Crippen molar-refractivity contribution in [3.8, 4) is 5.75 Å². The monoisotopic (exact) mass is 450 g/mol. The number of hydrogen-bond donors (Lipinski definition) is 1. The fraction of sp³-hybridized carbons (Fsp3) is 0.400. The van der Waals surface area contributed by atoms with Crippen LogP contribution in [0.1, 0.15) is 18.9 Å². The predicted octanol–water partition coefficient (Wildman–Crippen LogP) is 3.13. The van der Waals surface area contributed by atoms with Crippen LogP contribution in [0, 0.1) is 10.1 Å². The third-order valence-electron chi connectivity index (χ3n) is 4.85. The Morgan fingerprint density at radius 3 is 2.65 bits per heavy atom. The van der Waals surface area contributed by atoms with E-state index >= 15 is 0 Å². The molecule has 0 bridgehead atoms. The maximum Gasteiger partial charge on any atom is 0.410 e. The summed E-state index contributed by atoms with van der Waals surface area (Å²) in [5.41, 5.74) is 0.714. The van der Waals surface area contributed by atoms with E-state index in [4.69, 9.17) is 21.1 Å². The van der Waals surface area contributed by atoms with Crippen LogP contribution in [0.2, 0.25) is 5.28 Å². The summed E-state index contributed by atoms with van der Waals surface area (Å²) in [6.45, 7) is 1.89. The molecule has 2 heterocycles. The van der Waals surface area contributed by atoms with Crippen molar-refractivity contribution in [2.24, 2.45) is 0 Å². The standard InChI is InChI=1S/C20H23ClN4O6/c1-20(27,12-24-11-17(25(28)29)22-18(24)21)13-31-19(26)23-9-7-15(8-10-23)14-3-5-16(30-2)6-4-14/h3-7,11,27H,8-10,12-13H2,1-2H3/t20-/m1/s1. The smallest absolute Gasteiger partial charge is 0.410 e. The van der Waals surface area contributed by atoms with E-state index in [9.17, 15) is 20.0 Å². The zero-order valence-corrected chi connectivity index (χ0v) is 17.9. The fourth-order valence-electron chi connectivity index (χ4n) is 3.20. The van der Waals surface area contributed by atoms with Gasteiger partial charge in [0.2, 0.25) is 0 Å². The maximum atomic E-state index is 12.4. The highest BCUT2D eigenvalue weighted by molar-refractivity contribution is 6.28. The van der Waals surface area contributed by atoms with Gasteiger partial charge in [0.1, 0.15) is 24.2 Å². The van der Waals surface area contributed by atoms with E-state index < -0.39 is 22.4 Å². The van der Waals surface area contributed by atoms with Gasteiger partial charge in [0, 0.05) is 13.1 Å². The van der Waals surface area contributed by atoms with E-state index in [-0.39, 0.29) is 18.4 Å². The molecular formula is C20H23ClN4O6. The zero-order chi connectivity index (χ0) is 22.6. The molecule has 0 aliphatic carbocycles. The third-order valence-corrected chi connectivity index (χ3v) is 5.15. The summed E-state index contributed by atoms with van der Waals surface area (Å²) >= 11 is 5.87. The highest BCUT2D eigenvalue weighted by Crippen LogP contribution is 2.25. The molecule has 31 heavy (non-hydrogen) atoms. The Bertz CT molecular complexity index is 986. The number of benzene rings is 1. The Hall–Kier alpha value is -3.11. The highest BCUT2D eigenvalue weighted by atomic mass is 35.5. The first kappa shape index (κ1) is 22.6. The number of nitro groups is 1. The van der Waals surface area contributed by atoms with Gasteiger partial charge in [0.05, 0.1) is 13.7 Å². The lowest BCUT2D eigenvalue weighted by Gasteiger charge is -2.28. The molecule has 1 aromatic carbocycles. The Labute approximate surface area is 183 Å². The van der Waals surface area contributed by atoms with Crippen LogP contribution in [0.3, 0.4) is 0 Å². The molecule has 0 spiro atoms. The lowest BCUT2D eigenvalue weighted by Crippen LogP contribution is -2.41. The Kier molecular flexibility index (Phi) is 6.81. The van der Waals surface area contributed by atoms with Crippen LogP contribution in [-0.2, 0) is 11.3 Å².